The summed E-state index contributed by atoms with van der Waals surface area (Å²) in [5.41, 5.74) is 9.55. The van der Waals surface area contributed by atoms with Gasteiger partial charge >= 0.3 is 0 Å². The maximum absolute atomic E-state index is 12.4. The minimum Gasteiger partial charge on any atom is -0.369 e. The molecule has 0 spiro atoms. The number of hydrogen-bond donors (Lipinski definition) is 1. The van der Waals surface area contributed by atoms with E-state index in [-0.39, 0.29) is 11.9 Å². The largest absolute Gasteiger partial charge is 0.369 e. The Balaban J connectivity index is 1.65. The lowest BCUT2D eigenvalue weighted by Crippen LogP contribution is -2.47. The van der Waals surface area contributed by atoms with Crippen LogP contribution in [0.3, 0.4) is 0 Å². The van der Waals surface area contributed by atoms with Crippen molar-refractivity contribution < 1.29 is 4.79 Å². The van der Waals surface area contributed by atoms with Crippen LogP contribution in [0.5, 0.6) is 0 Å². The van der Waals surface area contributed by atoms with E-state index in [1.54, 1.807) is 7.05 Å². The lowest BCUT2D eigenvalue weighted by Gasteiger charge is -2.33. The fourth-order valence-corrected chi connectivity index (χ4v) is 4.08. The first-order valence-electron chi connectivity index (χ1n) is 10.1. The molecule has 0 bridgehead atoms. The summed E-state index contributed by atoms with van der Waals surface area (Å²) in [5, 5.41) is 6.10. The Morgan fingerprint density at radius 1 is 1.17 bits per heavy atom. The summed E-state index contributed by atoms with van der Waals surface area (Å²) < 4.78 is 2.13. The van der Waals surface area contributed by atoms with Crippen LogP contribution < -0.4 is 5.73 Å². The summed E-state index contributed by atoms with van der Waals surface area (Å²) in [4.78, 5) is 18.5. The molecule has 1 fully saturated rings. The molecule has 148 valence electrons. The van der Waals surface area contributed by atoms with Crippen molar-refractivity contribution in [2.24, 2.45) is 16.6 Å². The predicted molar refractivity (Wildman–Crippen MR) is 114 cm³/mol. The van der Waals surface area contributed by atoms with Crippen molar-refractivity contribution in [1.82, 2.24) is 14.7 Å². The van der Waals surface area contributed by atoms with Crippen molar-refractivity contribution in [3.63, 3.8) is 0 Å². The van der Waals surface area contributed by atoms with Gasteiger partial charge in [-0.2, -0.15) is 5.10 Å². The second-order valence-electron chi connectivity index (χ2n) is 8.45. The minimum atomic E-state index is -0.663. The molecular weight excluding hydrogens is 362 g/mol. The zero-order valence-electron chi connectivity index (χ0n) is 16.8. The summed E-state index contributed by atoms with van der Waals surface area (Å²) in [6, 6.07) is 16.6. The van der Waals surface area contributed by atoms with Gasteiger partial charge in [0.1, 0.15) is 5.69 Å². The standard InChI is InChI=1S/C23H25N5O/c1-23(13-20(29)27(2)22(24)25-23)17-10-11-18-19(12-17)28(14-15-8-9-15)26-21(18)16-6-4-3-5-7-16/h3-7,10-12,15H,8-9,13-14H2,1-2H3,(H2,24,25)/t23-/m0/s1. The zero-order valence-corrected chi connectivity index (χ0v) is 16.8. The van der Waals surface area contributed by atoms with Gasteiger partial charge in [-0.1, -0.05) is 42.5 Å². The third-order valence-corrected chi connectivity index (χ3v) is 6.12. The van der Waals surface area contributed by atoms with E-state index >= 15 is 0 Å². The lowest BCUT2D eigenvalue weighted by atomic mass is 9.87. The fourth-order valence-electron chi connectivity index (χ4n) is 4.08. The quantitative estimate of drug-likeness (QED) is 0.744. The topological polar surface area (TPSA) is 76.5 Å². The third-order valence-electron chi connectivity index (χ3n) is 6.12. The van der Waals surface area contributed by atoms with E-state index in [0.29, 0.717) is 12.3 Å². The van der Waals surface area contributed by atoms with Crippen molar-refractivity contribution >= 4 is 22.8 Å². The highest BCUT2D eigenvalue weighted by Crippen LogP contribution is 2.38. The smallest absolute Gasteiger partial charge is 0.231 e. The highest BCUT2D eigenvalue weighted by atomic mass is 16.2. The van der Waals surface area contributed by atoms with Crippen LogP contribution in [0.4, 0.5) is 0 Å². The third kappa shape index (κ3) is 3.09. The van der Waals surface area contributed by atoms with Gasteiger partial charge in [0.05, 0.1) is 17.5 Å². The van der Waals surface area contributed by atoms with E-state index in [0.717, 1.165) is 34.3 Å². The second kappa shape index (κ2) is 6.44. The molecule has 0 unspecified atom stereocenters. The first kappa shape index (κ1) is 17.9. The molecule has 0 saturated heterocycles. The summed E-state index contributed by atoms with van der Waals surface area (Å²) in [6.07, 6.45) is 2.83. The van der Waals surface area contributed by atoms with E-state index in [1.165, 1.54) is 17.7 Å². The van der Waals surface area contributed by atoms with Crippen LogP contribution in [0.25, 0.3) is 22.2 Å². The molecule has 2 N–H and O–H groups in total. The molecular formula is C23H25N5O. The first-order chi connectivity index (χ1) is 13.9. The van der Waals surface area contributed by atoms with Gasteiger partial charge in [0.15, 0.2) is 5.96 Å². The Hall–Kier alpha value is -3.15. The summed E-state index contributed by atoms with van der Waals surface area (Å²) in [5.74, 6) is 0.955. The summed E-state index contributed by atoms with van der Waals surface area (Å²) >= 11 is 0. The Morgan fingerprint density at radius 2 is 1.93 bits per heavy atom. The molecule has 2 heterocycles. The monoisotopic (exact) mass is 387 g/mol. The molecule has 29 heavy (non-hydrogen) atoms. The number of benzene rings is 2. The van der Waals surface area contributed by atoms with Gasteiger partial charge in [-0.15, -0.1) is 0 Å². The molecule has 1 amide bonds. The van der Waals surface area contributed by atoms with Gasteiger partial charge in [-0.05, 0) is 37.3 Å². The molecule has 1 saturated carbocycles. The second-order valence-corrected chi connectivity index (χ2v) is 8.45. The highest BCUT2D eigenvalue weighted by Gasteiger charge is 2.36. The van der Waals surface area contributed by atoms with E-state index in [4.69, 9.17) is 10.8 Å². The molecule has 3 aromatic rings. The normalized spacial score (nSPS) is 22.2. The Bertz CT molecular complexity index is 1130. The van der Waals surface area contributed by atoms with E-state index in [1.807, 2.05) is 25.1 Å². The van der Waals surface area contributed by atoms with Gasteiger partial charge < -0.3 is 5.73 Å². The van der Waals surface area contributed by atoms with Crippen molar-refractivity contribution in [1.29, 1.82) is 0 Å². The van der Waals surface area contributed by atoms with Gasteiger partial charge in [0.2, 0.25) is 5.91 Å². The minimum absolute atomic E-state index is 0.0171. The maximum atomic E-state index is 12.4. The number of guanidine groups is 1. The van der Waals surface area contributed by atoms with E-state index < -0.39 is 5.54 Å². The molecule has 6 nitrogen and oxygen atoms in total. The average molecular weight is 387 g/mol. The van der Waals surface area contributed by atoms with Crippen LogP contribution in [0, 0.1) is 5.92 Å². The summed E-state index contributed by atoms with van der Waals surface area (Å²) in [7, 11) is 1.67. The van der Waals surface area contributed by atoms with Gasteiger partial charge in [0, 0.05) is 24.5 Å². The van der Waals surface area contributed by atoms with Crippen LogP contribution in [0.1, 0.15) is 31.7 Å². The molecule has 0 radical (unpaired) electrons. The number of nitrogens with zero attached hydrogens (tertiary/aromatic N) is 4. The number of aromatic nitrogens is 2. The number of carbonyl (C=O) groups is 1. The Morgan fingerprint density at radius 3 is 2.62 bits per heavy atom. The molecule has 2 aliphatic rings. The number of hydrogen-bond acceptors (Lipinski definition) is 4. The van der Waals surface area contributed by atoms with Crippen molar-refractivity contribution in [3.05, 3.63) is 54.1 Å². The lowest BCUT2D eigenvalue weighted by molar-refractivity contribution is -0.128. The van der Waals surface area contributed by atoms with E-state index in [2.05, 4.69) is 40.0 Å². The molecule has 1 aromatic heterocycles. The molecule has 6 heteroatoms. The number of rotatable bonds is 4. The Labute approximate surface area is 170 Å². The van der Waals surface area contributed by atoms with Crippen LogP contribution >= 0.6 is 0 Å². The molecule has 1 aliphatic heterocycles. The zero-order chi connectivity index (χ0) is 20.2. The molecule has 2 aromatic carbocycles. The highest BCUT2D eigenvalue weighted by molar-refractivity contribution is 5.99. The number of nitrogens with two attached hydrogens (primary N) is 1. The fraction of sp³-hybridized carbons (Fsp3) is 0.348. The van der Waals surface area contributed by atoms with Crippen molar-refractivity contribution in [2.45, 2.75) is 38.3 Å². The van der Waals surface area contributed by atoms with Gasteiger partial charge in [-0.3, -0.25) is 14.4 Å². The van der Waals surface area contributed by atoms with Crippen molar-refractivity contribution in [2.75, 3.05) is 7.05 Å². The van der Waals surface area contributed by atoms with Crippen molar-refractivity contribution in [3.8, 4) is 11.3 Å². The maximum Gasteiger partial charge on any atom is 0.231 e. The number of amides is 1. The molecule has 5 rings (SSSR count). The number of aliphatic imine (C=N–C) groups is 1. The number of fused-ring (bicyclic) bond motifs is 1. The predicted octanol–water partition coefficient (Wildman–Crippen LogP) is 3.51. The van der Waals surface area contributed by atoms with E-state index in [9.17, 15) is 4.79 Å². The summed E-state index contributed by atoms with van der Waals surface area (Å²) in [6.45, 7) is 2.90. The van der Waals surface area contributed by atoms with Crippen LogP contribution in [0.15, 0.2) is 53.5 Å². The molecule has 1 aliphatic carbocycles. The van der Waals surface area contributed by atoms with Gasteiger partial charge in [0.25, 0.3) is 0 Å². The number of carbonyl (C=O) groups excluding carboxylic acids is 1. The Kier molecular flexibility index (Phi) is 3.98. The SMILES string of the molecule is CN1C(=O)C[C@@](C)(c2ccc3c(-c4ccccc4)nn(CC4CC4)c3c2)N=C1N. The molecule has 1 atom stereocenters. The average Bonchev–Trinajstić information content (AvgIpc) is 3.46. The van der Waals surface area contributed by atoms with Crippen LogP contribution in [-0.2, 0) is 16.9 Å². The van der Waals surface area contributed by atoms with Crippen LogP contribution in [-0.4, -0.2) is 33.6 Å². The van der Waals surface area contributed by atoms with Gasteiger partial charge in [-0.25, -0.2) is 4.99 Å². The van der Waals surface area contributed by atoms with Crippen LogP contribution in [0.2, 0.25) is 0 Å². The first-order valence-corrected chi connectivity index (χ1v) is 10.1.